The van der Waals surface area contributed by atoms with E-state index in [1.54, 1.807) is 24.3 Å². The van der Waals surface area contributed by atoms with E-state index in [1.807, 2.05) is 19.9 Å². The predicted octanol–water partition coefficient (Wildman–Crippen LogP) is 2.74. The van der Waals surface area contributed by atoms with E-state index in [0.717, 1.165) is 28.5 Å². The van der Waals surface area contributed by atoms with E-state index in [4.69, 9.17) is 4.98 Å². The molecule has 2 aromatic heterocycles. The first kappa shape index (κ1) is 26.4. The zero-order chi connectivity index (χ0) is 27.6. The number of aromatic nitrogens is 3. The first-order valence-electron chi connectivity index (χ1n) is 13.2. The summed E-state index contributed by atoms with van der Waals surface area (Å²) < 4.78 is 23.5. The molecule has 1 amide bonds. The number of sulfone groups is 1. The van der Waals surface area contributed by atoms with Gasteiger partial charge >= 0.3 is 0 Å². The number of rotatable bonds is 4. The zero-order valence-electron chi connectivity index (χ0n) is 22.9. The maximum Gasteiger partial charge on any atom is 0.244 e. The Morgan fingerprint density at radius 3 is 2.45 bits per heavy atom. The van der Waals surface area contributed by atoms with Gasteiger partial charge in [0.2, 0.25) is 5.91 Å². The largest absolute Gasteiger partial charge is 0.350 e. The Balaban J connectivity index is 1.48. The van der Waals surface area contributed by atoms with Crippen molar-refractivity contribution in [2.24, 2.45) is 0 Å². The molecule has 0 spiro atoms. The first-order chi connectivity index (χ1) is 17.8. The highest BCUT2D eigenvalue weighted by Gasteiger charge is 2.57. The number of amides is 1. The molecule has 0 unspecified atom stereocenters. The number of carbonyl (C=O) groups is 1. The number of fused-ring (bicyclic) bond motifs is 1. The quantitative estimate of drug-likeness (QED) is 0.579. The van der Waals surface area contributed by atoms with Crippen molar-refractivity contribution in [3.05, 3.63) is 35.4 Å². The summed E-state index contributed by atoms with van der Waals surface area (Å²) in [4.78, 5) is 33.3. The lowest BCUT2D eigenvalue weighted by Crippen LogP contribution is -2.66. The van der Waals surface area contributed by atoms with Crippen molar-refractivity contribution in [1.29, 1.82) is 5.26 Å². The molecule has 0 saturated carbocycles. The second-order valence-corrected chi connectivity index (χ2v) is 14.2. The number of nitriles is 1. The van der Waals surface area contributed by atoms with Crippen molar-refractivity contribution >= 4 is 33.1 Å². The third-order valence-electron chi connectivity index (χ3n) is 8.55. The summed E-state index contributed by atoms with van der Waals surface area (Å²) in [5.74, 6) is 1.45. The smallest absolute Gasteiger partial charge is 0.244 e. The minimum absolute atomic E-state index is 0.0614. The SMILES string of the molecule is CCc1cc(N2CC(C)(C)c3c2ncnc3N2C[C@@H](C)N(C(=O)[C@]3(C)CCS3(=O)=O)C[C@@H]2C)cnc1C#N. The molecule has 5 heterocycles. The number of carbonyl (C=O) groups excluding carboxylic acids is 1. The van der Waals surface area contributed by atoms with Crippen LogP contribution in [0, 0.1) is 11.3 Å². The number of anilines is 3. The predicted molar refractivity (Wildman–Crippen MR) is 145 cm³/mol. The van der Waals surface area contributed by atoms with Gasteiger partial charge in [-0.2, -0.15) is 5.26 Å². The van der Waals surface area contributed by atoms with Crippen molar-refractivity contribution in [3.8, 4) is 6.07 Å². The summed E-state index contributed by atoms with van der Waals surface area (Å²) in [6, 6.07) is 3.95. The number of pyridine rings is 1. The van der Waals surface area contributed by atoms with Gasteiger partial charge in [0.15, 0.2) is 9.84 Å². The van der Waals surface area contributed by atoms with Crippen LogP contribution < -0.4 is 9.80 Å². The van der Waals surface area contributed by atoms with Crippen LogP contribution >= 0.6 is 0 Å². The molecule has 3 atom stereocenters. The Bertz CT molecular complexity index is 1450. The summed E-state index contributed by atoms with van der Waals surface area (Å²) in [5, 5.41) is 9.41. The van der Waals surface area contributed by atoms with Gasteiger partial charge in [-0.15, -0.1) is 0 Å². The van der Waals surface area contributed by atoms with Gasteiger partial charge in [0, 0.05) is 42.7 Å². The van der Waals surface area contributed by atoms with Crippen LogP contribution in [-0.2, 0) is 26.5 Å². The van der Waals surface area contributed by atoms with Gasteiger partial charge in [-0.05, 0) is 45.2 Å². The molecule has 38 heavy (non-hydrogen) atoms. The van der Waals surface area contributed by atoms with Crippen LogP contribution in [0.5, 0.6) is 0 Å². The molecule has 0 aliphatic carbocycles. The lowest BCUT2D eigenvalue weighted by Gasteiger charge is -2.49. The molecule has 2 aromatic rings. The Hall–Kier alpha value is -3.26. The van der Waals surface area contributed by atoms with Crippen molar-refractivity contribution in [1.82, 2.24) is 19.9 Å². The van der Waals surface area contributed by atoms with Crippen LogP contribution in [0.25, 0.3) is 0 Å². The minimum Gasteiger partial charge on any atom is -0.350 e. The molecule has 2 saturated heterocycles. The average Bonchev–Trinajstić information content (AvgIpc) is 3.18. The van der Waals surface area contributed by atoms with E-state index < -0.39 is 14.6 Å². The highest BCUT2D eigenvalue weighted by molar-refractivity contribution is 7.95. The van der Waals surface area contributed by atoms with Gasteiger partial charge in [-0.1, -0.05) is 20.8 Å². The first-order valence-corrected chi connectivity index (χ1v) is 14.8. The molecule has 2 fully saturated rings. The molecular formula is C27H35N7O3S. The van der Waals surface area contributed by atoms with Crippen LogP contribution in [0.15, 0.2) is 18.6 Å². The van der Waals surface area contributed by atoms with E-state index in [-0.39, 0.29) is 29.2 Å². The van der Waals surface area contributed by atoms with Crippen LogP contribution in [-0.4, -0.2) is 76.4 Å². The number of aryl methyl sites for hydroxylation is 1. The molecule has 3 aliphatic heterocycles. The van der Waals surface area contributed by atoms with Crippen molar-refractivity contribution in [2.45, 2.75) is 76.6 Å². The highest BCUT2D eigenvalue weighted by atomic mass is 32.2. The zero-order valence-corrected chi connectivity index (χ0v) is 23.7. The molecule has 0 N–H and O–H groups in total. The summed E-state index contributed by atoms with van der Waals surface area (Å²) >= 11 is 0. The van der Waals surface area contributed by atoms with Gasteiger partial charge in [0.1, 0.15) is 34.5 Å². The second kappa shape index (κ2) is 8.90. The fourth-order valence-corrected chi connectivity index (χ4v) is 7.53. The Kier molecular flexibility index (Phi) is 6.17. The van der Waals surface area contributed by atoms with Gasteiger partial charge in [-0.25, -0.2) is 23.4 Å². The van der Waals surface area contributed by atoms with Gasteiger partial charge in [0.05, 0.1) is 17.6 Å². The van der Waals surface area contributed by atoms with Crippen molar-refractivity contribution < 1.29 is 13.2 Å². The number of hydrogen-bond donors (Lipinski definition) is 0. The summed E-state index contributed by atoms with van der Waals surface area (Å²) in [6.45, 7) is 13.6. The van der Waals surface area contributed by atoms with Gasteiger partial charge in [-0.3, -0.25) is 4.79 Å². The molecule has 0 radical (unpaired) electrons. The fraction of sp³-hybridized carbons (Fsp3) is 0.593. The van der Waals surface area contributed by atoms with E-state index in [2.05, 4.69) is 46.6 Å². The summed E-state index contributed by atoms with van der Waals surface area (Å²) in [6.07, 6.45) is 4.40. The van der Waals surface area contributed by atoms with E-state index in [1.165, 1.54) is 0 Å². The third kappa shape index (κ3) is 3.83. The number of piperazine rings is 1. The van der Waals surface area contributed by atoms with Gasteiger partial charge in [0.25, 0.3) is 0 Å². The lowest BCUT2D eigenvalue weighted by molar-refractivity contribution is -0.137. The topological polar surface area (TPSA) is 123 Å². The lowest BCUT2D eigenvalue weighted by atomic mass is 9.87. The van der Waals surface area contributed by atoms with Crippen LogP contribution in [0.3, 0.4) is 0 Å². The summed E-state index contributed by atoms with van der Waals surface area (Å²) in [5.41, 5.74) is 3.00. The monoisotopic (exact) mass is 537 g/mol. The average molecular weight is 538 g/mol. The normalized spacial score (nSPS) is 27.4. The van der Waals surface area contributed by atoms with E-state index in [0.29, 0.717) is 38.2 Å². The van der Waals surface area contributed by atoms with Crippen LogP contribution in [0.2, 0.25) is 0 Å². The molecule has 3 aliphatic rings. The minimum atomic E-state index is -3.40. The van der Waals surface area contributed by atoms with Crippen molar-refractivity contribution in [2.75, 3.05) is 35.2 Å². The highest BCUT2D eigenvalue weighted by Crippen LogP contribution is 2.47. The molecule has 11 heteroatoms. The van der Waals surface area contributed by atoms with Crippen LogP contribution in [0.1, 0.15) is 64.8 Å². The molecule has 202 valence electrons. The maximum atomic E-state index is 13.4. The number of hydrogen-bond acceptors (Lipinski definition) is 9. The maximum absolute atomic E-state index is 13.4. The second-order valence-electron chi connectivity index (χ2n) is 11.6. The standard InChI is InChI=1S/C27H35N7O3S/c1-7-19-10-20(12-29-21(19)11-28)34-15-26(4,5)22-23(30-16-31-24(22)34)32-13-18(3)33(14-17(32)2)25(35)27(6)8-9-38(27,36)37/h10,12,16-18H,7-9,13-15H2,1-6H3/t17-,18+,27-/m0/s1. The van der Waals surface area contributed by atoms with Gasteiger partial charge < -0.3 is 14.7 Å². The Morgan fingerprint density at radius 1 is 1.13 bits per heavy atom. The molecule has 0 bridgehead atoms. The van der Waals surface area contributed by atoms with E-state index in [9.17, 15) is 18.5 Å². The Morgan fingerprint density at radius 2 is 1.84 bits per heavy atom. The third-order valence-corrected chi connectivity index (χ3v) is 11.0. The molecule has 0 aromatic carbocycles. The molecular weight excluding hydrogens is 502 g/mol. The fourth-order valence-electron chi connectivity index (χ4n) is 6.00. The van der Waals surface area contributed by atoms with Crippen molar-refractivity contribution in [3.63, 3.8) is 0 Å². The number of nitrogens with zero attached hydrogens (tertiary/aromatic N) is 7. The summed E-state index contributed by atoms with van der Waals surface area (Å²) in [7, 11) is -3.40. The Labute approximate surface area is 224 Å². The molecule has 10 nitrogen and oxygen atoms in total. The van der Waals surface area contributed by atoms with Crippen LogP contribution in [0.4, 0.5) is 17.3 Å². The molecule has 5 rings (SSSR count). The van der Waals surface area contributed by atoms with E-state index >= 15 is 0 Å².